The lowest BCUT2D eigenvalue weighted by atomic mass is 9.77. The summed E-state index contributed by atoms with van der Waals surface area (Å²) in [6, 6.07) is 4.07. The van der Waals surface area contributed by atoms with E-state index < -0.39 is 0 Å². The molecule has 3 aliphatic rings. The SMILES string of the molecule is Cn1cc(C2NNC3CNC(c4c(F)ccc5c4CCCC5N)CC32)cn1. The van der Waals surface area contributed by atoms with E-state index in [1.54, 1.807) is 6.07 Å². The predicted molar refractivity (Wildman–Crippen MR) is 101 cm³/mol. The maximum absolute atomic E-state index is 14.9. The molecule has 1 aliphatic carbocycles. The van der Waals surface area contributed by atoms with Gasteiger partial charge in [-0.25, -0.2) is 9.82 Å². The van der Waals surface area contributed by atoms with Gasteiger partial charge in [0.15, 0.2) is 0 Å². The summed E-state index contributed by atoms with van der Waals surface area (Å²) in [5.74, 6) is 0.281. The summed E-state index contributed by atoms with van der Waals surface area (Å²) in [7, 11) is 1.93. The number of benzene rings is 1. The van der Waals surface area contributed by atoms with Gasteiger partial charge in [-0.3, -0.25) is 10.1 Å². The number of nitrogens with two attached hydrogens (primary N) is 1. The molecule has 27 heavy (non-hydrogen) atoms. The molecule has 6 nitrogen and oxygen atoms in total. The highest BCUT2D eigenvalue weighted by atomic mass is 19.1. The minimum atomic E-state index is -0.101. The van der Waals surface area contributed by atoms with E-state index in [0.29, 0.717) is 12.0 Å². The molecule has 5 N–H and O–H groups in total. The molecule has 1 aromatic heterocycles. The van der Waals surface area contributed by atoms with Gasteiger partial charge < -0.3 is 11.1 Å². The van der Waals surface area contributed by atoms with E-state index in [9.17, 15) is 4.39 Å². The Hall–Kier alpha value is -1.80. The number of hydrogen-bond donors (Lipinski definition) is 4. The molecule has 3 heterocycles. The van der Waals surface area contributed by atoms with E-state index in [1.807, 2.05) is 24.0 Å². The predicted octanol–water partition coefficient (Wildman–Crippen LogP) is 1.76. The quantitative estimate of drug-likeness (QED) is 0.648. The van der Waals surface area contributed by atoms with Crippen LogP contribution in [0.15, 0.2) is 24.5 Å². The summed E-state index contributed by atoms with van der Waals surface area (Å²) in [6.07, 6.45) is 7.80. The molecular formula is C20H27FN6. The van der Waals surface area contributed by atoms with Crippen LogP contribution in [-0.4, -0.2) is 22.4 Å². The number of rotatable bonds is 2. The van der Waals surface area contributed by atoms with Crippen LogP contribution >= 0.6 is 0 Å². The van der Waals surface area contributed by atoms with Crippen LogP contribution in [0.3, 0.4) is 0 Å². The second kappa shape index (κ2) is 6.67. The minimum absolute atomic E-state index is 0.0207. The van der Waals surface area contributed by atoms with Gasteiger partial charge in [0.05, 0.1) is 12.2 Å². The number of halogens is 1. The summed E-state index contributed by atoms with van der Waals surface area (Å²) >= 11 is 0. The zero-order valence-corrected chi connectivity index (χ0v) is 15.6. The number of hydrogen-bond acceptors (Lipinski definition) is 5. The first-order valence-electron chi connectivity index (χ1n) is 9.91. The van der Waals surface area contributed by atoms with Crippen molar-refractivity contribution >= 4 is 0 Å². The molecule has 7 heteroatoms. The van der Waals surface area contributed by atoms with Crippen molar-refractivity contribution in [2.45, 2.75) is 49.9 Å². The van der Waals surface area contributed by atoms with Crippen molar-refractivity contribution in [2.75, 3.05) is 6.54 Å². The van der Waals surface area contributed by atoms with Gasteiger partial charge in [0.25, 0.3) is 0 Å². The number of hydrazine groups is 1. The van der Waals surface area contributed by atoms with Gasteiger partial charge in [0.1, 0.15) is 5.82 Å². The Kier molecular flexibility index (Phi) is 4.27. The molecule has 5 rings (SSSR count). The fraction of sp³-hybridized carbons (Fsp3) is 0.550. The van der Waals surface area contributed by atoms with Crippen LogP contribution in [0.4, 0.5) is 4.39 Å². The number of nitrogens with one attached hydrogen (secondary N) is 3. The molecule has 5 atom stereocenters. The van der Waals surface area contributed by atoms with Crippen molar-refractivity contribution in [1.29, 1.82) is 0 Å². The van der Waals surface area contributed by atoms with Gasteiger partial charge in [-0.15, -0.1) is 0 Å². The van der Waals surface area contributed by atoms with Gasteiger partial charge >= 0.3 is 0 Å². The first-order chi connectivity index (χ1) is 13.1. The maximum Gasteiger partial charge on any atom is 0.128 e. The average Bonchev–Trinajstić information content (AvgIpc) is 3.27. The highest BCUT2D eigenvalue weighted by Gasteiger charge is 2.42. The summed E-state index contributed by atoms with van der Waals surface area (Å²) < 4.78 is 16.8. The van der Waals surface area contributed by atoms with E-state index in [4.69, 9.17) is 5.73 Å². The summed E-state index contributed by atoms with van der Waals surface area (Å²) in [5.41, 5.74) is 17.4. The smallest absolute Gasteiger partial charge is 0.128 e. The monoisotopic (exact) mass is 370 g/mol. The van der Waals surface area contributed by atoms with E-state index in [0.717, 1.165) is 48.9 Å². The Balaban J connectivity index is 1.47. The van der Waals surface area contributed by atoms with Crippen molar-refractivity contribution in [3.05, 3.63) is 52.6 Å². The van der Waals surface area contributed by atoms with Gasteiger partial charge in [0.2, 0.25) is 0 Å². The molecule has 1 aromatic carbocycles. The third-order valence-electron chi connectivity index (χ3n) is 6.58. The van der Waals surface area contributed by atoms with Crippen molar-refractivity contribution in [1.82, 2.24) is 25.9 Å². The lowest BCUT2D eigenvalue weighted by molar-refractivity contribution is 0.261. The third kappa shape index (κ3) is 2.89. The Bertz CT molecular complexity index is 849. The summed E-state index contributed by atoms with van der Waals surface area (Å²) in [4.78, 5) is 0. The van der Waals surface area contributed by atoms with Crippen LogP contribution in [0, 0.1) is 11.7 Å². The molecule has 2 fully saturated rings. The van der Waals surface area contributed by atoms with E-state index in [1.165, 1.54) is 5.56 Å². The standard InChI is InChI=1S/C20H27FN6/c1-27-10-11(8-24-27)20-14-7-17(23-9-18(14)25-26-20)19-13-3-2-4-16(22)12(13)5-6-15(19)21/h5-6,8,10,14,16-18,20,23,25-26H,2-4,7,9,22H2,1H3. The van der Waals surface area contributed by atoms with Crippen molar-refractivity contribution < 1.29 is 4.39 Å². The van der Waals surface area contributed by atoms with Crippen molar-refractivity contribution in [2.24, 2.45) is 18.7 Å². The highest BCUT2D eigenvalue weighted by molar-refractivity contribution is 5.42. The molecule has 0 spiro atoms. The molecule has 0 amide bonds. The Morgan fingerprint density at radius 3 is 3.00 bits per heavy atom. The van der Waals surface area contributed by atoms with Crippen molar-refractivity contribution in [3.8, 4) is 0 Å². The van der Waals surface area contributed by atoms with Gasteiger partial charge in [-0.2, -0.15) is 5.10 Å². The molecule has 5 unspecified atom stereocenters. The minimum Gasteiger partial charge on any atom is -0.324 e. The average molecular weight is 370 g/mol. The Morgan fingerprint density at radius 2 is 2.19 bits per heavy atom. The summed E-state index contributed by atoms with van der Waals surface area (Å²) in [6.45, 7) is 0.814. The highest BCUT2D eigenvalue weighted by Crippen LogP contribution is 2.42. The molecule has 2 saturated heterocycles. The molecule has 0 radical (unpaired) electrons. The fourth-order valence-electron chi connectivity index (χ4n) is 5.23. The van der Waals surface area contributed by atoms with E-state index in [-0.39, 0.29) is 23.9 Å². The Morgan fingerprint density at radius 1 is 1.30 bits per heavy atom. The first-order valence-corrected chi connectivity index (χ1v) is 9.91. The summed E-state index contributed by atoms with van der Waals surface area (Å²) in [5, 5.41) is 7.90. The van der Waals surface area contributed by atoms with Crippen molar-refractivity contribution in [3.63, 3.8) is 0 Å². The molecule has 2 aromatic rings. The van der Waals surface area contributed by atoms with E-state index >= 15 is 0 Å². The van der Waals surface area contributed by atoms with Crippen LogP contribution in [0.2, 0.25) is 0 Å². The zero-order chi connectivity index (χ0) is 18.5. The molecule has 0 saturated carbocycles. The number of aromatic nitrogens is 2. The lowest BCUT2D eigenvalue weighted by Crippen LogP contribution is -2.47. The fourth-order valence-corrected chi connectivity index (χ4v) is 5.23. The van der Waals surface area contributed by atoms with E-state index in [2.05, 4.69) is 27.5 Å². The molecule has 0 bridgehead atoms. The number of nitrogens with zero attached hydrogens (tertiary/aromatic N) is 2. The molecule has 144 valence electrons. The second-order valence-electron chi connectivity index (χ2n) is 8.21. The number of aryl methyl sites for hydroxylation is 1. The zero-order valence-electron chi connectivity index (χ0n) is 15.6. The third-order valence-corrected chi connectivity index (χ3v) is 6.58. The topological polar surface area (TPSA) is 79.9 Å². The van der Waals surface area contributed by atoms with Gasteiger partial charge in [-0.05, 0) is 48.8 Å². The first kappa shape index (κ1) is 17.3. The lowest BCUT2D eigenvalue weighted by Gasteiger charge is -2.36. The van der Waals surface area contributed by atoms with Gasteiger partial charge in [0, 0.05) is 49.0 Å². The van der Waals surface area contributed by atoms with Gasteiger partial charge in [-0.1, -0.05) is 6.07 Å². The maximum atomic E-state index is 14.9. The van der Waals surface area contributed by atoms with Crippen LogP contribution in [0.5, 0.6) is 0 Å². The molecule has 2 aliphatic heterocycles. The number of piperidine rings is 1. The van der Waals surface area contributed by atoms with Crippen LogP contribution in [0.25, 0.3) is 0 Å². The van der Waals surface area contributed by atoms with Crippen LogP contribution in [-0.2, 0) is 13.5 Å². The molecular weight excluding hydrogens is 343 g/mol. The number of fused-ring (bicyclic) bond motifs is 2. The van der Waals surface area contributed by atoms with Crippen LogP contribution < -0.4 is 21.9 Å². The van der Waals surface area contributed by atoms with Crippen LogP contribution in [0.1, 0.15) is 59.6 Å². The Labute approximate surface area is 158 Å². The normalized spacial score (nSPS) is 32.9. The second-order valence-corrected chi connectivity index (χ2v) is 8.21. The largest absolute Gasteiger partial charge is 0.324 e.